The van der Waals surface area contributed by atoms with E-state index in [1.54, 1.807) is 6.20 Å². The maximum absolute atomic E-state index is 5.05. The number of nitrogens with zero attached hydrogens (tertiary/aromatic N) is 2. The second-order valence-corrected chi connectivity index (χ2v) is 3.83. The molecule has 1 N–H and O–H groups in total. The highest BCUT2D eigenvalue weighted by molar-refractivity contribution is 7.71. The zero-order valence-corrected chi connectivity index (χ0v) is 9.43. The molecule has 0 aliphatic rings. The van der Waals surface area contributed by atoms with E-state index in [1.807, 2.05) is 32.2 Å². The van der Waals surface area contributed by atoms with E-state index in [4.69, 9.17) is 12.2 Å². The van der Waals surface area contributed by atoms with Gasteiger partial charge in [-0.1, -0.05) is 0 Å². The monoisotopic (exact) mass is 217 g/mol. The summed E-state index contributed by atoms with van der Waals surface area (Å²) in [7, 11) is 0. The Balaban J connectivity index is 2.64. The highest BCUT2D eigenvalue weighted by Gasteiger charge is 2.03. The number of rotatable bonds is 1. The predicted molar refractivity (Wildman–Crippen MR) is 62.1 cm³/mol. The van der Waals surface area contributed by atoms with Crippen molar-refractivity contribution in [2.24, 2.45) is 0 Å². The molecule has 0 fully saturated rings. The fraction of sp³-hybridized carbons (Fsp3) is 0.182. The minimum Gasteiger partial charge on any atom is -0.335 e. The first kappa shape index (κ1) is 9.98. The molecular weight excluding hydrogens is 206 g/mol. The number of aryl methyl sites for hydroxylation is 2. The van der Waals surface area contributed by atoms with E-state index >= 15 is 0 Å². The van der Waals surface area contributed by atoms with Crippen LogP contribution < -0.4 is 0 Å². The largest absolute Gasteiger partial charge is 0.335 e. The number of nitrogens with one attached hydrogen (secondary N) is 1. The molecule has 0 bridgehead atoms. The van der Waals surface area contributed by atoms with Gasteiger partial charge in [0, 0.05) is 23.7 Å². The van der Waals surface area contributed by atoms with Crippen molar-refractivity contribution in [3.05, 3.63) is 40.6 Å². The molecule has 4 heteroatoms. The first-order valence-electron chi connectivity index (χ1n) is 4.66. The first-order chi connectivity index (χ1) is 7.16. The molecule has 2 heterocycles. The van der Waals surface area contributed by atoms with Crippen LogP contribution in [0, 0.1) is 18.6 Å². The molecule has 0 spiro atoms. The summed E-state index contributed by atoms with van der Waals surface area (Å²) in [6.45, 7) is 3.98. The molecule has 2 rings (SSSR count). The minimum atomic E-state index is 0.515. The fourth-order valence-corrected chi connectivity index (χ4v) is 1.74. The van der Waals surface area contributed by atoms with Crippen molar-refractivity contribution in [3.8, 4) is 11.3 Å². The summed E-state index contributed by atoms with van der Waals surface area (Å²) in [6.07, 6.45) is 3.59. The lowest BCUT2D eigenvalue weighted by molar-refractivity contribution is 1.08. The average molecular weight is 217 g/mol. The molecule has 0 saturated carbocycles. The molecule has 3 nitrogen and oxygen atoms in total. The molecule has 0 saturated heterocycles. The lowest BCUT2D eigenvalue weighted by atomic mass is 10.1. The minimum absolute atomic E-state index is 0.515. The maximum atomic E-state index is 5.05. The van der Waals surface area contributed by atoms with Crippen molar-refractivity contribution in [2.45, 2.75) is 13.8 Å². The van der Waals surface area contributed by atoms with Gasteiger partial charge >= 0.3 is 0 Å². The van der Waals surface area contributed by atoms with E-state index in [2.05, 4.69) is 15.0 Å². The standard InChI is InChI=1S/C11H11N3S/c1-7-6-12-4-3-9(7)10-5-8(2)13-11(15)14-10/h3-6H,1-2H3,(H,13,14,15). The van der Waals surface area contributed by atoms with E-state index in [1.165, 1.54) is 0 Å². The Bertz CT molecular complexity index is 546. The van der Waals surface area contributed by atoms with Crippen LogP contribution in [0.3, 0.4) is 0 Å². The molecule has 0 unspecified atom stereocenters. The van der Waals surface area contributed by atoms with Crippen LogP contribution in [-0.4, -0.2) is 15.0 Å². The van der Waals surface area contributed by atoms with Gasteiger partial charge in [0.2, 0.25) is 0 Å². The van der Waals surface area contributed by atoms with E-state index in [0.717, 1.165) is 22.5 Å². The van der Waals surface area contributed by atoms with Crippen molar-refractivity contribution in [1.29, 1.82) is 0 Å². The van der Waals surface area contributed by atoms with E-state index in [-0.39, 0.29) is 0 Å². The Morgan fingerprint density at radius 3 is 2.80 bits per heavy atom. The molecule has 2 aromatic heterocycles. The topological polar surface area (TPSA) is 41.6 Å². The summed E-state index contributed by atoms with van der Waals surface area (Å²) in [5, 5.41) is 0. The number of H-pyrrole nitrogens is 1. The van der Waals surface area contributed by atoms with Gasteiger partial charge in [-0.05, 0) is 43.8 Å². The first-order valence-corrected chi connectivity index (χ1v) is 5.06. The van der Waals surface area contributed by atoms with Crippen molar-refractivity contribution < 1.29 is 0 Å². The van der Waals surface area contributed by atoms with Gasteiger partial charge < -0.3 is 4.98 Å². The van der Waals surface area contributed by atoms with Gasteiger partial charge in [-0.2, -0.15) is 0 Å². The highest BCUT2D eigenvalue weighted by Crippen LogP contribution is 2.19. The van der Waals surface area contributed by atoms with Crippen LogP contribution in [0.4, 0.5) is 0 Å². The third kappa shape index (κ3) is 2.10. The smallest absolute Gasteiger partial charge is 0.197 e. The molecular formula is C11H11N3S. The third-order valence-electron chi connectivity index (χ3n) is 2.18. The molecule has 0 atom stereocenters. The Kier molecular flexibility index (Phi) is 2.60. The van der Waals surface area contributed by atoms with Crippen LogP contribution in [-0.2, 0) is 0 Å². The van der Waals surface area contributed by atoms with Gasteiger partial charge in [0.05, 0.1) is 5.69 Å². The van der Waals surface area contributed by atoms with Crippen LogP contribution in [0.2, 0.25) is 0 Å². The van der Waals surface area contributed by atoms with Gasteiger partial charge in [0.1, 0.15) is 0 Å². The Morgan fingerprint density at radius 2 is 2.13 bits per heavy atom. The lowest BCUT2D eigenvalue weighted by Crippen LogP contribution is -1.92. The quantitative estimate of drug-likeness (QED) is 0.747. The number of hydrogen-bond donors (Lipinski definition) is 1. The molecule has 76 valence electrons. The van der Waals surface area contributed by atoms with Gasteiger partial charge in [-0.25, -0.2) is 4.98 Å². The van der Waals surface area contributed by atoms with Crippen LogP contribution in [0.15, 0.2) is 24.5 Å². The molecule has 0 aromatic carbocycles. The van der Waals surface area contributed by atoms with Crippen LogP contribution >= 0.6 is 12.2 Å². The molecule has 2 aromatic rings. The summed E-state index contributed by atoms with van der Waals surface area (Å²) in [5.41, 5.74) is 4.09. The van der Waals surface area contributed by atoms with Crippen LogP contribution in [0.5, 0.6) is 0 Å². The molecule has 0 amide bonds. The zero-order valence-electron chi connectivity index (χ0n) is 8.61. The molecule has 0 aliphatic carbocycles. The summed E-state index contributed by atoms with van der Waals surface area (Å²) in [6, 6.07) is 3.93. The summed E-state index contributed by atoms with van der Waals surface area (Å²) in [4.78, 5) is 11.3. The second kappa shape index (κ2) is 3.90. The fourth-order valence-electron chi connectivity index (χ4n) is 1.48. The van der Waals surface area contributed by atoms with Crippen molar-refractivity contribution in [3.63, 3.8) is 0 Å². The Hall–Kier alpha value is -1.55. The third-order valence-corrected chi connectivity index (χ3v) is 2.37. The van der Waals surface area contributed by atoms with Crippen molar-refractivity contribution >= 4 is 12.2 Å². The second-order valence-electron chi connectivity index (χ2n) is 3.45. The van der Waals surface area contributed by atoms with Gasteiger partial charge in [-0.15, -0.1) is 0 Å². The number of aromatic nitrogens is 3. The zero-order chi connectivity index (χ0) is 10.8. The highest BCUT2D eigenvalue weighted by atomic mass is 32.1. The number of hydrogen-bond acceptors (Lipinski definition) is 3. The maximum Gasteiger partial charge on any atom is 0.197 e. The van der Waals surface area contributed by atoms with E-state index in [0.29, 0.717) is 4.77 Å². The van der Waals surface area contributed by atoms with Gasteiger partial charge in [0.25, 0.3) is 0 Å². The van der Waals surface area contributed by atoms with Crippen LogP contribution in [0.1, 0.15) is 11.3 Å². The summed E-state index contributed by atoms with van der Waals surface area (Å²) < 4.78 is 0.515. The Labute approximate surface area is 93.2 Å². The average Bonchev–Trinajstić information content (AvgIpc) is 2.16. The number of pyridine rings is 1. The summed E-state index contributed by atoms with van der Waals surface area (Å²) >= 11 is 5.05. The van der Waals surface area contributed by atoms with Crippen LogP contribution in [0.25, 0.3) is 11.3 Å². The van der Waals surface area contributed by atoms with Crippen molar-refractivity contribution in [2.75, 3.05) is 0 Å². The lowest BCUT2D eigenvalue weighted by Gasteiger charge is -2.04. The Morgan fingerprint density at radius 1 is 1.33 bits per heavy atom. The van der Waals surface area contributed by atoms with Gasteiger partial charge in [0.15, 0.2) is 4.77 Å². The van der Waals surface area contributed by atoms with E-state index in [9.17, 15) is 0 Å². The molecule has 0 radical (unpaired) electrons. The number of aromatic amines is 1. The SMILES string of the molecule is Cc1cc(-c2ccncc2C)nc(=S)[nH]1. The molecule has 0 aliphatic heterocycles. The van der Waals surface area contributed by atoms with E-state index < -0.39 is 0 Å². The molecule has 15 heavy (non-hydrogen) atoms. The van der Waals surface area contributed by atoms with Gasteiger partial charge in [-0.3, -0.25) is 4.98 Å². The summed E-state index contributed by atoms with van der Waals surface area (Å²) in [5.74, 6) is 0. The normalized spacial score (nSPS) is 10.3. The predicted octanol–water partition coefficient (Wildman–Crippen LogP) is 2.82. The van der Waals surface area contributed by atoms with Crippen molar-refractivity contribution in [1.82, 2.24) is 15.0 Å².